The average molecular weight is 266 g/mol. The molecule has 104 valence electrons. The van der Waals surface area contributed by atoms with Crippen LogP contribution in [0.4, 0.5) is 0 Å². The fourth-order valence-electron chi connectivity index (χ4n) is 2.49. The summed E-state index contributed by atoms with van der Waals surface area (Å²) in [5.41, 5.74) is 6.75. The maximum Gasteiger partial charge on any atom is 0.144 e. The van der Waals surface area contributed by atoms with Crippen molar-refractivity contribution in [2.24, 2.45) is 0 Å². The summed E-state index contributed by atoms with van der Waals surface area (Å²) in [5, 5.41) is 0. The summed E-state index contributed by atoms with van der Waals surface area (Å²) in [7, 11) is 0. The Hall–Kier alpha value is -2.05. The molecule has 1 aromatic heterocycles. The van der Waals surface area contributed by atoms with Crippen LogP contribution in [0.5, 0.6) is 0 Å². The molecule has 2 aromatic rings. The van der Waals surface area contributed by atoms with Crippen LogP contribution in [0.3, 0.4) is 0 Å². The largest absolute Gasteiger partial charge is 0.299 e. The zero-order valence-corrected chi connectivity index (χ0v) is 12.7. The maximum atomic E-state index is 4.39. The molecule has 0 aliphatic heterocycles. The molecule has 0 spiro atoms. The second-order valence-electron chi connectivity index (χ2n) is 5.60. The molecule has 20 heavy (non-hydrogen) atoms. The van der Waals surface area contributed by atoms with Crippen LogP contribution in [0.2, 0.25) is 0 Å². The molecule has 2 heteroatoms. The lowest BCUT2D eigenvalue weighted by Gasteiger charge is -2.21. The molecule has 1 heterocycles. The molecular formula is C18H22N2. The quantitative estimate of drug-likeness (QED) is 0.718. The SMILES string of the molecule is C=C=Cc1nccn1-c1c(C(C)C)cccc1C(C)C. The number of imidazole rings is 1. The lowest BCUT2D eigenvalue weighted by molar-refractivity contribution is 0.803. The number of aromatic nitrogens is 2. The second-order valence-corrected chi connectivity index (χ2v) is 5.60. The maximum absolute atomic E-state index is 4.39. The van der Waals surface area contributed by atoms with Crippen molar-refractivity contribution >= 4 is 6.08 Å². The van der Waals surface area contributed by atoms with E-state index in [2.05, 4.69) is 67.8 Å². The minimum absolute atomic E-state index is 0.465. The summed E-state index contributed by atoms with van der Waals surface area (Å²) in [6.45, 7) is 12.6. The molecule has 0 bridgehead atoms. The average Bonchev–Trinajstić information content (AvgIpc) is 2.86. The molecule has 2 nitrogen and oxygen atoms in total. The van der Waals surface area contributed by atoms with Gasteiger partial charge in [-0.05, 0) is 23.0 Å². The standard InChI is InChI=1S/C18H22N2/c1-6-8-17-19-11-12-20(17)18-15(13(2)3)9-7-10-16(18)14(4)5/h7-14H,1H2,2-5H3. The summed E-state index contributed by atoms with van der Waals surface area (Å²) >= 11 is 0. The van der Waals surface area contributed by atoms with Crippen LogP contribution in [0.15, 0.2) is 42.9 Å². The number of hydrogen-bond donors (Lipinski definition) is 0. The van der Waals surface area contributed by atoms with E-state index in [4.69, 9.17) is 0 Å². The highest BCUT2D eigenvalue weighted by atomic mass is 15.1. The van der Waals surface area contributed by atoms with Gasteiger partial charge in [0, 0.05) is 18.5 Å². The van der Waals surface area contributed by atoms with Crippen LogP contribution in [0.1, 0.15) is 56.5 Å². The zero-order valence-electron chi connectivity index (χ0n) is 12.7. The van der Waals surface area contributed by atoms with Crippen molar-refractivity contribution in [3.63, 3.8) is 0 Å². The van der Waals surface area contributed by atoms with Crippen molar-refractivity contribution in [3.05, 3.63) is 59.9 Å². The van der Waals surface area contributed by atoms with Crippen LogP contribution in [0.25, 0.3) is 11.8 Å². The van der Waals surface area contributed by atoms with Crippen molar-refractivity contribution in [3.8, 4) is 5.69 Å². The van der Waals surface area contributed by atoms with Gasteiger partial charge in [-0.25, -0.2) is 4.98 Å². The number of benzene rings is 1. The Morgan fingerprint density at radius 1 is 1.15 bits per heavy atom. The molecule has 0 amide bonds. The van der Waals surface area contributed by atoms with Gasteiger partial charge in [-0.2, -0.15) is 0 Å². The molecule has 0 unspecified atom stereocenters. The topological polar surface area (TPSA) is 17.8 Å². The Morgan fingerprint density at radius 3 is 2.25 bits per heavy atom. The fraction of sp³-hybridized carbons (Fsp3) is 0.333. The van der Waals surface area contributed by atoms with Crippen LogP contribution in [-0.4, -0.2) is 9.55 Å². The van der Waals surface area contributed by atoms with Gasteiger partial charge in [0.2, 0.25) is 0 Å². The minimum atomic E-state index is 0.465. The number of rotatable bonds is 4. The molecule has 2 rings (SSSR count). The third kappa shape index (κ3) is 2.61. The summed E-state index contributed by atoms with van der Waals surface area (Å²) in [6, 6.07) is 6.55. The van der Waals surface area contributed by atoms with Crippen molar-refractivity contribution in [1.82, 2.24) is 9.55 Å². The minimum Gasteiger partial charge on any atom is -0.299 e. The molecule has 0 N–H and O–H groups in total. The van der Waals surface area contributed by atoms with Gasteiger partial charge in [0.1, 0.15) is 5.82 Å². The van der Waals surface area contributed by atoms with Gasteiger partial charge in [0.25, 0.3) is 0 Å². The highest BCUT2D eigenvalue weighted by Gasteiger charge is 2.16. The first kappa shape index (κ1) is 14.4. The zero-order chi connectivity index (χ0) is 14.7. The lowest BCUT2D eigenvalue weighted by Crippen LogP contribution is -2.07. The summed E-state index contributed by atoms with van der Waals surface area (Å²) in [5.74, 6) is 1.80. The van der Waals surface area contributed by atoms with Crippen LogP contribution in [0, 0.1) is 0 Å². The van der Waals surface area contributed by atoms with Gasteiger partial charge >= 0.3 is 0 Å². The first-order chi connectivity index (χ1) is 9.56. The van der Waals surface area contributed by atoms with Crippen LogP contribution < -0.4 is 0 Å². The molecule has 0 aliphatic carbocycles. The molecule has 0 saturated heterocycles. The highest BCUT2D eigenvalue weighted by molar-refractivity contribution is 5.55. The Morgan fingerprint density at radius 2 is 1.75 bits per heavy atom. The van der Waals surface area contributed by atoms with E-state index in [0.717, 1.165) is 5.82 Å². The van der Waals surface area contributed by atoms with E-state index < -0.39 is 0 Å². The number of hydrogen-bond acceptors (Lipinski definition) is 1. The van der Waals surface area contributed by atoms with Gasteiger partial charge in [0.05, 0.1) is 5.69 Å². The third-order valence-corrected chi connectivity index (χ3v) is 3.48. The van der Waals surface area contributed by atoms with E-state index in [0.29, 0.717) is 11.8 Å². The van der Waals surface area contributed by atoms with Crippen molar-refractivity contribution < 1.29 is 0 Å². The van der Waals surface area contributed by atoms with Crippen molar-refractivity contribution in [2.75, 3.05) is 0 Å². The molecule has 0 saturated carbocycles. The van der Waals surface area contributed by atoms with E-state index in [9.17, 15) is 0 Å². The van der Waals surface area contributed by atoms with Crippen molar-refractivity contribution in [2.45, 2.75) is 39.5 Å². The smallest absolute Gasteiger partial charge is 0.144 e. The van der Waals surface area contributed by atoms with Crippen LogP contribution in [-0.2, 0) is 0 Å². The third-order valence-electron chi connectivity index (χ3n) is 3.48. The Kier molecular flexibility index (Phi) is 4.26. The number of para-hydroxylation sites is 1. The molecule has 1 aromatic carbocycles. The first-order valence-electron chi connectivity index (χ1n) is 7.08. The predicted octanol–water partition coefficient (Wildman–Crippen LogP) is 4.92. The lowest BCUT2D eigenvalue weighted by atomic mass is 9.92. The predicted molar refractivity (Wildman–Crippen MR) is 85.3 cm³/mol. The van der Waals surface area contributed by atoms with Gasteiger partial charge in [-0.3, -0.25) is 4.57 Å². The Labute approximate surface area is 121 Å². The first-order valence-corrected chi connectivity index (χ1v) is 7.08. The highest BCUT2D eigenvalue weighted by Crippen LogP contribution is 2.31. The molecule has 0 aliphatic rings. The summed E-state index contributed by atoms with van der Waals surface area (Å²) in [6.07, 6.45) is 5.65. The second kappa shape index (κ2) is 5.94. The van der Waals surface area contributed by atoms with E-state index in [1.807, 2.05) is 18.5 Å². The van der Waals surface area contributed by atoms with Gasteiger partial charge in [-0.15, -0.1) is 5.73 Å². The Balaban J connectivity index is 2.76. The number of nitrogens with zero attached hydrogens (tertiary/aromatic N) is 2. The van der Waals surface area contributed by atoms with E-state index in [-0.39, 0.29) is 0 Å². The normalized spacial score (nSPS) is 10.9. The molecule has 0 fully saturated rings. The molecular weight excluding hydrogens is 244 g/mol. The van der Waals surface area contributed by atoms with Crippen molar-refractivity contribution in [1.29, 1.82) is 0 Å². The van der Waals surface area contributed by atoms with E-state index in [1.54, 1.807) is 0 Å². The fourth-order valence-corrected chi connectivity index (χ4v) is 2.49. The van der Waals surface area contributed by atoms with Crippen LogP contribution >= 0.6 is 0 Å². The molecule has 0 radical (unpaired) electrons. The van der Waals surface area contributed by atoms with E-state index in [1.165, 1.54) is 16.8 Å². The van der Waals surface area contributed by atoms with Gasteiger partial charge < -0.3 is 0 Å². The van der Waals surface area contributed by atoms with Gasteiger partial charge in [0.15, 0.2) is 0 Å². The molecule has 0 atom stereocenters. The summed E-state index contributed by atoms with van der Waals surface area (Å²) in [4.78, 5) is 4.39. The monoisotopic (exact) mass is 266 g/mol. The van der Waals surface area contributed by atoms with E-state index >= 15 is 0 Å². The Bertz CT molecular complexity index is 615. The van der Waals surface area contributed by atoms with Gasteiger partial charge in [-0.1, -0.05) is 52.5 Å². The summed E-state index contributed by atoms with van der Waals surface area (Å²) < 4.78 is 2.14.